The molecular weight excluding hydrogens is 412 g/mol. The largest absolute Gasteiger partial charge is 0.358 e. The maximum absolute atomic E-state index is 13.1. The molecule has 0 spiro atoms. The van der Waals surface area contributed by atoms with Gasteiger partial charge in [-0.15, -0.1) is 0 Å². The first-order valence-corrected chi connectivity index (χ1v) is 3.49. The third kappa shape index (κ3) is 3.18. The van der Waals surface area contributed by atoms with E-state index < -0.39 is 23.0 Å². The molecule has 0 fully saturated rings. The molecule has 0 amide bonds. The second-order valence-corrected chi connectivity index (χ2v) is 2.61. The average Bonchev–Trinajstić information content (AvgIpc) is 1.97. The van der Waals surface area contributed by atoms with Crippen molar-refractivity contribution in [2.45, 2.75) is 13.8 Å². The Morgan fingerprint density at radius 1 is 1.29 bits per heavy atom. The first-order valence-electron chi connectivity index (χ1n) is 3.49. The molecule has 0 saturated carbocycles. The van der Waals surface area contributed by atoms with Crippen molar-refractivity contribution in [2.75, 3.05) is 0 Å². The summed E-state index contributed by atoms with van der Waals surface area (Å²) in [4.78, 5) is 10.8. The van der Waals surface area contributed by atoms with E-state index in [-0.39, 0.29) is 44.1 Å². The second kappa shape index (κ2) is 6.32. The monoisotopic (exact) mass is 423 g/mol. The van der Waals surface area contributed by atoms with Crippen LogP contribution in [0.15, 0.2) is 12.1 Å². The molecule has 0 aliphatic rings. The van der Waals surface area contributed by atoms with Gasteiger partial charge in [0.05, 0.1) is 5.56 Å². The van der Waals surface area contributed by atoms with E-state index in [1.54, 1.807) is 0 Å². The molecule has 76 valence electrons. The van der Waals surface area contributed by atoms with Crippen LogP contribution in [0.3, 0.4) is 0 Å². The summed E-state index contributed by atoms with van der Waals surface area (Å²) in [6.07, 6.45) is 0. The molecule has 0 heterocycles. The number of hydrogen-bond donors (Lipinski definition) is 0. The minimum Gasteiger partial charge on any atom is -0.358 e. The zero-order valence-electron chi connectivity index (χ0n) is 8.32. The Balaban J connectivity index is 0. The molecule has 0 unspecified atom stereocenters. The van der Waals surface area contributed by atoms with Crippen LogP contribution < -0.4 is 0 Å². The molecule has 4 heteroatoms. The van der Waals surface area contributed by atoms with Crippen LogP contribution in [0.1, 0.15) is 22.8 Å². The van der Waals surface area contributed by atoms with Crippen LogP contribution in [0.4, 0.5) is 8.78 Å². The predicted molar refractivity (Wildman–Crippen MR) is 47.5 cm³/mol. The number of carbonyl (C=O) groups is 1. The Morgan fingerprint density at radius 3 is 2.14 bits per heavy atom. The third-order valence-electron chi connectivity index (χ3n) is 1.64. The van der Waals surface area contributed by atoms with Crippen LogP contribution in [0.25, 0.3) is 0 Å². The Bertz CT molecular complexity index is 337. The Morgan fingerprint density at radius 2 is 1.79 bits per heavy atom. The summed E-state index contributed by atoms with van der Waals surface area (Å²) in [5.74, 6) is -2.15. The standard InChI is InChI=1S/C9H8F2O.CH3.U/c1-5-3-4-7(10)8(6(2)12)9(5)11;;/h3-4H,1-2H3;1H3;/q;-1;. The first-order chi connectivity index (χ1) is 5.54. The van der Waals surface area contributed by atoms with Crippen LogP contribution in [0.5, 0.6) is 0 Å². The summed E-state index contributed by atoms with van der Waals surface area (Å²) < 4.78 is 25.9. The predicted octanol–water partition coefficient (Wildman–Crippen LogP) is 2.93. The number of halogens is 2. The van der Waals surface area contributed by atoms with Gasteiger partial charge in [0.1, 0.15) is 11.6 Å². The number of hydrogen-bond acceptors (Lipinski definition) is 1. The van der Waals surface area contributed by atoms with Gasteiger partial charge in [-0.3, -0.25) is 4.79 Å². The third-order valence-corrected chi connectivity index (χ3v) is 1.64. The van der Waals surface area contributed by atoms with E-state index in [0.29, 0.717) is 0 Å². The second-order valence-electron chi connectivity index (χ2n) is 2.61. The first kappa shape index (κ1) is 16.2. The quantitative estimate of drug-likeness (QED) is 0.502. The van der Waals surface area contributed by atoms with Gasteiger partial charge in [0.15, 0.2) is 5.78 Å². The van der Waals surface area contributed by atoms with E-state index >= 15 is 0 Å². The molecule has 0 saturated heterocycles. The summed E-state index contributed by atoms with van der Waals surface area (Å²) in [6, 6.07) is 2.40. The van der Waals surface area contributed by atoms with Gasteiger partial charge in [0.2, 0.25) is 0 Å². The van der Waals surface area contributed by atoms with E-state index in [1.807, 2.05) is 0 Å². The Hall–Kier alpha value is -0.198. The molecule has 0 radical (unpaired) electrons. The van der Waals surface area contributed by atoms with Crippen LogP contribution >= 0.6 is 0 Å². The fourth-order valence-corrected chi connectivity index (χ4v) is 0.979. The van der Waals surface area contributed by atoms with Crippen molar-refractivity contribution in [2.24, 2.45) is 0 Å². The Labute approximate surface area is 106 Å². The molecule has 0 bridgehead atoms. The number of Topliss-reactive ketones (excluding diaryl/α,β-unsaturated/α-hetero) is 1. The molecule has 14 heavy (non-hydrogen) atoms. The van der Waals surface area contributed by atoms with Gasteiger partial charge < -0.3 is 7.43 Å². The number of aryl methyl sites for hydroxylation is 1. The summed E-state index contributed by atoms with van der Waals surface area (Å²) in [6.45, 7) is 2.63. The van der Waals surface area contributed by atoms with Crippen molar-refractivity contribution in [1.29, 1.82) is 0 Å². The fraction of sp³-hybridized carbons (Fsp3) is 0.200. The molecule has 0 aliphatic heterocycles. The zero-order valence-corrected chi connectivity index (χ0v) is 12.5. The molecule has 1 rings (SSSR count). The summed E-state index contributed by atoms with van der Waals surface area (Å²) in [7, 11) is 0. The molecule has 0 N–H and O–H groups in total. The van der Waals surface area contributed by atoms with Gasteiger partial charge in [0, 0.05) is 31.1 Å². The van der Waals surface area contributed by atoms with Crippen molar-refractivity contribution in [3.63, 3.8) is 0 Å². The van der Waals surface area contributed by atoms with Gasteiger partial charge in [-0.2, -0.15) is 0 Å². The van der Waals surface area contributed by atoms with E-state index in [4.69, 9.17) is 0 Å². The van der Waals surface area contributed by atoms with E-state index in [1.165, 1.54) is 13.0 Å². The van der Waals surface area contributed by atoms with Crippen molar-refractivity contribution in [3.8, 4) is 0 Å². The SMILES string of the molecule is CC(=O)c1c(F)ccc(C)c1F.[CH3-].[U]. The zero-order chi connectivity index (χ0) is 9.30. The molecule has 1 aromatic rings. The van der Waals surface area contributed by atoms with Gasteiger partial charge in [-0.25, -0.2) is 8.78 Å². The number of ketones is 1. The topological polar surface area (TPSA) is 17.1 Å². The van der Waals surface area contributed by atoms with Gasteiger partial charge in [-0.1, -0.05) is 6.07 Å². The minimum absolute atomic E-state index is 0. The van der Waals surface area contributed by atoms with Gasteiger partial charge in [0.25, 0.3) is 0 Å². The molecule has 1 aromatic carbocycles. The van der Waals surface area contributed by atoms with Crippen LogP contribution in [-0.4, -0.2) is 5.78 Å². The summed E-state index contributed by atoms with van der Waals surface area (Å²) in [5, 5.41) is 0. The minimum atomic E-state index is -0.800. The summed E-state index contributed by atoms with van der Waals surface area (Å²) >= 11 is 0. The number of carbonyl (C=O) groups excluding carboxylic acids is 1. The molecule has 0 atom stereocenters. The maximum atomic E-state index is 13.1. The molecule has 0 aromatic heterocycles. The van der Waals surface area contributed by atoms with Crippen molar-refractivity contribution < 1.29 is 44.7 Å². The number of benzene rings is 1. The van der Waals surface area contributed by atoms with Crippen molar-refractivity contribution in [3.05, 3.63) is 42.3 Å². The molecular formula is C10H11F2OU-. The molecule has 0 aliphatic carbocycles. The van der Waals surface area contributed by atoms with Crippen LogP contribution in [0.2, 0.25) is 0 Å². The van der Waals surface area contributed by atoms with Gasteiger partial charge >= 0.3 is 0 Å². The van der Waals surface area contributed by atoms with Gasteiger partial charge in [-0.05, 0) is 25.5 Å². The van der Waals surface area contributed by atoms with Crippen LogP contribution in [-0.2, 0) is 0 Å². The van der Waals surface area contributed by atoms with E-state index in [0.717, 1.165) is 13.0 Å². The fourth-order valence-electron chi connectivity index (χ4n) is 0.979. The molecule has 1 nitrogen and oxygen atoms in total. The number of rotatable bonds is 1. The summed E-state index contributed by atoms with van der Waals surface area (Å²) in [5.41, 5.74) is -0.170. The normalized spacial score (nSPS) is 8.57. The Kier molecular flexibility index (Phi) is 7.33. The van der Waals surface area contributed by atoms with Crippen LogP contribution in [0, 0.1) is 57.1 Å². The van der Waals surface area contributed by atoms with Crippen molar-refractivity contribution >= 4 is 5.78 Å². The van der Waals surface area contributed by atoms with E-state index in [2.05, 4.69) is 0 Å². The maximum Gasteiger partial charge on any atom is 0.165 e. The smallest absolute Gasteiger partial charge is 0.165 e. The van der Waals surface area contributed by atoms with Crippen molar-refractivity contribution in [1.82, 2.24) is 0 Å². The van der Waals surface area contributed by atoms with E-state index in [9.17, 15) is 13.6 Å². The average molecular weight is 423 g/mol.